The van der Waals surface area contributed by atoms with Gasteiger partial charge in [0, 0.05) is 0 Å². The van der Waals surface area contributed by atoms with E-state index in [0.717, 1.165) is 17.3 Å². The maximum Gasteiger partial charge on any atom is 0.324 e. The van der Waals surface area contributed by atoms with Gasteiger partial charge in [-0.2, -0.15) is 0 Å². The fourth-order valence-electron chi connectivity index (χ4n) is 2.80. The van der Waals surface area contributed by atoms with Gasteiger partial charge < -0.3 is 14.2 Å². The van der Waals surface area contributed by atoms with Gasteiger partial charge in [0.2, 0.25) is 0 Å². The van der Waals surface area contributed by atoms with E-state index in [2.05, 4.69) is 10.2 Å². The van der Waals surface area contributed by atoms with E-state index in [1.807, 2.05) is 12.1 Å². The van der Waals surface area contributed by atoms with Gasteiger partial charge in [-0.15, -0.1) is 0 Å². The Labute approximate surface area is 188 Å². The number of nitrogens with one attached hydrogen (secondary N) is 2. The van der Waals surface area contributed by atoms with Gasteiger partial charge in [-0.1, -0.05) is 18.2 Å². The molecule has 0 radical (unpaired) electrons. The van der Waals surface area contributed by atoms with Crippen LogP contribution in [-0.4, -0.2) is 37.4 Å². The van der Waals surface area contributed by atoms with E-state index in [1.165, 1.54) is 14.2 Å². The number of imide groups is 1. The second-order valence-corrected chi connectivity index (χ2v) is 7.63. The normalized spacial score (nSPS) is 15.5. The Kier molecular flexibility index (Phi) is 7.56. The molecule has 0 bridgehead atoms. The molecule has 162 valence electrons. The first-order valence-electron chi connectivity index (χ1n) is 9.07. The van der Waals surface area contributed by atoms with E-state index in [9.17, 15) is 14.4 Å². The molecule has 8 nitrogen and oxygen atoms in total. The van der Waals surface area contributed by atoms with Crippen LogP contribution in [0.15, 0.2) is 47.4 Å². The second kappa shape index (κ2) is 10.3. The maximum atomic E-state index is 11.7. The molecule has 2 aromatic rings. The lowest BCUT2D eigenvalue weighted by Gasteiger charge is -2.13. The van der Waals surface area contributed by atoms with E-state index in [4.69, 9.17) is 26.0 Å². The summed E-state index contributed by atoms with van der Waals surface area (Å²) in [6.45, 7) is 0. The molecule has 2 aromatic carbocycles. The molecule has 0 saturated carbocycles. The first-order chi connectivity index (χ1) is 14.9. The fraction of sp³-hybridized carbons (Fsp3) is 0.190. The molecule has 1 aliphatic rings. The van der Waals surface area contributed by atoms with Crippen molar-refractivity contribution in [2.45, 2.75) is 12.5 Å². The van der Waals surface area contributed by atoms with Crippen LogP contribution in [0.2, 0.25) is 0 Å². The van der Waals surface area contributed by atoms with E-state index in [0.29, 0.717) is 34.1 Å². The van der Waals surface area contributed by atoms with Gasteiger partial charge in [0.25, 0.3) is 11.1 Å². The fourth-order valence-corrected chi connectivity index (χ4v) is 3.64. The molecule has 1 atom stereocenters. The lowest BCUT2D eigenvalue weighted by molar-refractivity contribution is -0.142. The van der Waals surface area contributed by atoms with Crippen molar-refractivity contribution in [2.75, 3.05) is 14.2 Å². The number of hydrogen-bond acceptors (Lipinski definition) is 8. The zero-order chi connectivity index (χ0) is 22.4. The SMILES string of the molecule is COC(=O)[C@H](Cc1ccc(Oc2ccc(/C=C3\SC(=O)NC3=O)cc2OC)cc1)NCl. The van der Waals surface area contributed by atoms with Crippen molar-refractivity contribution in [2.24, 2.45) is 0 Å². The number of thioether (sulfide) groups is 1. The van der Waals surface area contributed by atoms with Crippen LogP contribution in [0.5, 0.6) is 17.2 Å². The summed E-state index contributed by atoms with van der Waals surface area (Å²) in [7, 11) is 2.81. The third kappa shape index (κ3) is 5.78. The topological polar surface area (TPSA) is 103 Å². The zero-order valence-electron chi connectivity index (χ0n) is 16.6. The van der Waals surface area contributed by atoms with Crippen molar-refractivity contribution in [1.82, 2.24) is 10.2 Å². The standard InChI is InChI=1S/C21H19ClN2O6S/c1-28-17-10-13(11-18-19(25)23-21(27)31-18)5-8-16(17)30-14-6-3-12(4-7-14)9-15(24-22)20(26)29-2/h3-8,10-11,15,24H,9H2,1-2H3,(H,23,25,27)/b18-11-/t15-/m0/s1. The number of rotatable bonds is 8. The Hall–Kier alpha value is -3.01. The summed E-state index contributed by atoms with van der Waals surface area (Å²) in [5, 5.41) is 1.82. The molecule has 10 heteroatoms. The minimum atomic E-state index is -0.657. The summed E-state index contributed by atoms with van der Waals surface area (Å²) in [6.07, 6.45) is 1.96. The molecule has 3 rings (SSSR count). The molecule has 0 unspecified atom stereocenters. The Bertz CT molecular complexity index is 1030. The molecular formula is C21H19ClN2O6S. The highest BCUT2D eigenvalue weighted by molar-refractivity contribution is 8.18. The minimum Gasteiger partial charge on any atom is -0.493 e. The molecule has 2 amide bonds. The molecule has 1 fully saturated rings. The van der Waals surface area contributed by atoms with E-state index in [-0.39, 0.29) is 0 Å². The summed E-state index contributed by atoms with van der Waals surface area (Å²) in [5.74, 6) is 0.635. The largest absolute Gasteiger partial charge is 0.493 e. The van der Waals surface area contributed by atoms with Crippen LogP contribution < -0.4 is 19.6 Å². The van der Waals surface area contributed by atoms with Gasteiger partial charge in [-0.05, 0) is 71.4 Å². The average molecular weight is 463 g/mol. The van der Waals surface area contributed by atoms with E-state index < -0.39 is 23.2 Å². The van der Waals surface area contributed by atoms with Crippen molar-refractivity contribution in [3.05, 3.63) is 58.5 Å². The molecule has 31 heavy (non-hydrogen) atoms. The highest BCUT2D eigenvalue weighted by Gasteiger charge is 2.25. The first kappa shape index (κ1) is 22.7. The van der Waals surface area contributed by atoms with Crippen LogP contribution in [0, 0.1) is 0 Å². The van der Waals surface area contributed by atoms with Crippen molar-refractivity contribution in [3.63, 3.8) is 0 Å². The molecular weight excluding hydrogens is 444 g/mol. The molecule has 1 saturated heterocycles. The monoisotopic (exact) mass is 462 g/mol. The van der Waals surface area contributed by atoms with Crippen molar-refractivity contribution in [1.29, 1.82) is 0 Å². The Morgan fingerprint density at radius 3 is 2.48 bits per heavy atom. The summed E-state index contributed by atoms with van der Waals surface area (Å²) >= 11 is 6.46. The van der Waals surface area contributed by atoms with Crippen LogP contribution in [-0.2, 0) is 20.7 Å². The third-order valence-corrected chi connectivity index (χ3v) is 5.41. The first-order valence-corrected chi connectivity index (χ1v) is 10.3. The molecule has 0 spiro atoms. The number of esters is 1. The third-order valence-electron chi connectivity index (χ3n) is 4.34. The summed E-state index contributed by atoms with van der Waals surface area (Å²) in [6, 6.07) is 11.7. The highest BCUT2D eigenvalue weighted by atomic mass is 35.5. The number of amides is 2. The molecule has 2 N–H and O–H groups in total. The number of carbonyl (C=O) groups excluding carboxylic acids is 3. The second-order valence-electron chi connectivity index (χ2n) is 6.40. The number of hydrogen-bond donors (Lipinski definition) is 2. The van der Waals surface area contributed by atoms with Crippen LogP contribution in [0.4, 0.5) is 4.79 Å². The van der Waals surface area contributed by atoms with Gasteiger partial charge >= 0.3 is 5.97 Å². The lowest BCUT2D eigenvalue weighted by atomic mass is 10.1. The summed E-state index contributed by atoms with van der Waals surface area (Å²) in [4.78, 5) is 37.4. The zero-order valence-corrected chi connectivity index (χ0v) is 18.2. The number of methoxy groups -OCH3 is 2. The predicted molar refractivity (Wildman–Crippen MR) is 117 cm³/mol. The highest BCUT2D eigenvalue weighted by Crippen LogP contribution is 2.34. The van der Waals surface area contributed by atoms with Gasteiger partial charge in [0.15, 0.2) is 11.5 Å². The van der Waals surface area contributed by atoms with Crippen LogP contribution in [0.3, 0.4) is 0 Å². The van der Waals surface area contributed by atoms with E-state index >= 15 is 0 Å². The van der Waals surface area contributed by atoms with Crippen molar-refractivity contribution >= 4 is 46.7 Å². The molecule has 1 heterocycles. The van der Waals surface area contributed by atoms with Gasteiger partial charge in [-0.3, -0.25) is 19.7 Å². The summed E-state index contributed by atoms with van der Waals surface area (Å²) in [5.41, 5.74) is 1.56. The molecule has 1 aliphatic heterocycles. The van der Waals surface area contributed by atoms with Crippen LogP contribution in [0.1, 0.15) is 11.1 Å². The molecule has 0 aliphatic carbocycles. The van der Waals surface area contributed by atoms with E-state index in [1.54, 1.807) is 36.4 Å². The Balaban J connectivity index is 1.72. The van der Waals surface area contributed by atoms with Crippen molar-refractivity contribution < 1.29 is 28.6 Å². The quantitative estimate of drug-likeness (QED) is 0.348. The Morgan fingerprint density at radius 2 is 1.90 bits per heavy atom. The van der Waals surface area contributed by atoms with Gasteiger partial charge in [-0.25, -0.2) is 4.84 Å². The number of benzene rings is 2. The van der Waals surface area contributed by atoms with Crippen LogP contribution in [0.25, 0.3) is 6.08 Å². The van der Waals surface area contributed by atoms with Gasteiger partial charge in [0.1, 0.15) is 11.8 Å². The van der Waals surface area contributed by atoms with Gasteiger partial charge in [0.05, 0.1) is 19.1 Å². The average Bonchev–Trinajstić information content (AvgIpc) is 3.09. The number of ether oxygens (including phenoxy) is 3. The maximum absolute atomic E-state index is 11.7. The molecule has 0 aromatic heterocycles. The predicted octanol–water partition coefficient (Wildman–Crippen LogP) is 3.64. The smallest absolute Gasteiger partial charge is 0.324 e. The minimum absolute atomic E-state index is 0.313. The van der Waals surface area contributed by atoms with Crippen LogP contribution >= 0.6 is 23.5 Å². The Morgan fingerprint density at radius 1 is 1.16 bits per heavy atom. The lowest BCUT2D eigenvalue weighted by Crippen LogP contribution is -2.33. The van der Waals surface area contributed by atoms with Crippen molar-refractivity contribution in [3.8, 4) is 17.2 Å². The summed E-state index contributed by atoms with van der Waals surface area (Å²) < 4.78 is 16.0. The number of halogens is 1. The number of carbonyl (C=O) groups is 3.